The van der Waals surface area contributed by atoms with Crippen LogP contribution in [-0.4, -0.2) is 55.4 Å². The smallest absolute Gasteiger partial charge is 0.330 e. The number of carbonyl (C=O) groups excluding carboxylic acids is 3. The van der Waals surface area contributed by atoms with Crippen molar-refractivity contribution in [1.29, 1.82) is 0 Å². The first-order chi connectivity index (χ1) is 22.0. The molecule has 0 spiro atoms. The van der Waals surface area contributed by atoms with E-state index in [1.165, 1.54) is 38.4 Å². The maximum atomic E-state index is 11.5. The van der Waals surface area contributed by atoms with E-state index in [1.54, 1.807) is 62.1 Å². The number of ether oxygens (including phenoxy) is 1. The van der Waals surface area contributed by atoms with Crippen LogP contribution in [0, 0.1) is 0 Å². The molecule has 4 rings (SSSR count). The molecule has 0 aliphatic carbocycles. The van der Waals surface area contributed by atoms with Gasteiger partial charge in [0.25, 0.3) is 0 Å². The fraction of sp³-hybridized carbons (Fsp3) is 0.125. The third-order valence-corrected chi connectivity index (χ3v) is 6.29. The van der Waals surface area contributed by atoms with E-state index < -0.39 is 11.9 Å². The highest BCUT2D eigenvalue weighted by atomic mass is 35.5. The Hall–Kier alpha value is -5.46. The lowest BCUT2D eigenvalue weighted by molar-refractivity contribution is -0.137. The molecule has 0 bridgehead atoms. The number of aromatic nitrogens is 4. The summed E-state index contributed by atoms with van der Waals surface area (Å²) in [5, 5.41) is 14.8. The van der Waals surface area contributed by atoms with E-state index in [0.717, 1.165) is 6.08 Å². The summed E-state index contributed by atoms with van der Waals surface area (Å²) in [7, 11) is 0. The SMILES string of the molecule is CC(=O)Nc1cc(Cl)c(-c2cnccn2)cc1/C=C/C(=O)O.CCOC(=O)/C=C/c1cc(-c2cnccn2)c(Cl)cc1NC(C)=O. The quantitative estimate of drug-likeness (QED) is 0.139. The maximum Gasteiger partial charge on any atom is 0.330 e. The third kappa shape index (κ3) is 10.6. The van der Waals surface area contributed by atoms with Gasteiger partial charge in [-0.1, -0.05) is 23.2 Å². The molecule has 4 aromatic rings. The lowest BCUT2D eigenvalue weighted by atomic mass is 10.1. The van der Waals surface area contributed by atoms with Gasteiger partial charge in [0, 0.05) is 73.3 Å². The van der Waals surface area contributed by atoms with E-state index in [9.17, 15) is 19.2 Å². The lowest BCUT2D eigenvalue weighted by Crippen LogP contribution is -2.07. The van der Waals surface area contributed by atoms with Crippen molar-refractivity contribution in [2.75, 3.05) is 17.2 Å². The van der Waals surface area contributed by atoms with Gasteiger partial charge in [-0.25, -0.2) is 9.59 Å². The van der Waals surface area contributed by atoms with Crippen LogP contribution in [0.4, 0.5) is 11.4 Å². The van der Waals surface area contributed by atoms with Gasteiger partial charge in [-0.05, 0) is 54.5 Å². The Kier molecular flexibility index (Phi) is 13.0. The van der Waals surface area contributed by atoms with Crippen LogP contribution in [0.2, 0.25) is 10.0 Å². The molecule has 3 N–H and O–H groups in total. The Morgan fingerprint density at radius 1 is 0.761 bits per heavy atom. The van der Waals surface area contributed by atoms with E-state index in [0.29, 0.717) is 55.1 Å². The maximum absolute atomic E-state index is 11.5. The van der Waals surface area contributed by atoms with Crippen molar-refractivity contribution in [1.82, 2.24) is 19.9 Å². The third-order valence-electron chi connectivity index (χ3n) is 5.67. The van der Waals surface area contributed by atoms with Crippen LogP contribution < -0.4 is 10.6 Å². The number of amides is 2. The molecule has 2 heterocycles. The molecule has 0 aliphatic heterocycles. The molecule has 0 aliphatic rings. The molecule has 2 aromatic heterocycles. The van der Waals surface area contributed by atoms with Crippen molar-refractivity contribution in [2.45, 2.75) is 20.8 Å². The molecule has 0 fully saturated rings. The van der Waals surface area contributed by atoms with Crippen LogP contribution in [0.5, 0.6) is 0 Å². The number of benzene rings is 2. The molecule has 0 saturated carbocycles. The van der Waals surface area contributed by atoms with Crippen LogP contribution in [0.1, 0.15) is 31.9 Å². The minimum absolute atomic E-state index is 0.246. The lowest BCUT2D eigenvalue weighted by Gasteiger charge is -2.11. The normalized spacial score (nSPS) is 10.6. The second kappa shape index (κ2) is 17.1. The molecule has 2 amide bonds. The first-order valence-electron chi connectivity index (χ1n) is 13.5. The largest absolute Gasteiger partial charge is 0.478 e. The Morgan fingerprint density at radius 2 is 1.22 bits per heavy atom. The second-order valence-corrected chi connectivity index (χ2v) is 9.95. The van der Waals surface area contributed by atoms with Crippen LogP contribution in [0.25, 0.3) is 34.7 Å². The summed E-state index contributed by atoms with van der Waals surface area (Å²) in [6, 6.07) is 6.54. The standard InChI is InChI=1S/C17H16ClN3O3.C15H12ClN3O3/c1-3-24-17(23)5-4-12-8-13(16-10-19-6-7-20-16)14(18)9-15(12)21-11(2)22;1-9(20)19-13-7-12(16)11(14-8-17-4-5-18-14)6-10(13)2-3-15(21)22/h4-10H,3H2,1-2H3,(H,21,22);2-8H,1H3,(H,19,20)(H,21,22)/b5-4+;3-2+. The van der Waals surface area contributed by atoms with Gasteiger partial charge in [-0.3, -0.25) is 29.5 Å². The summed E-state index contributed by atoms with van der Waals surface area (Å²) in [5.41, 5.74) is 4.38. The molecule has 236 valence electrons. The molecule has 12 nitrogen and oxygen atoms in total. The zero-order valence-electron chi connectivity index (χ0n) is 24.8. The number of nitrogens with one attached hydrogen (secondary N) is 2. The highest BCUT2D eigenvalue weighted by Crippen LogP contribution is 2.34. The highest BCUT2D eigenvalue weighted by Gasteiger charge is 2.13. The summed E-state index contributed by atoms with van der Waals surface area (Å²) in [6.45, 7) is 4.76. The van der Waals surface area contributed by atoms with Gasteiger partial charge >= 0.3 is 11.9 Å². The number of nitrogens with zero attached hydrogens (tertiary/aromatic N) is 4. The Bertz CT molecular complexity index is 1780. The number of carbonyl (C=O) groups is 4. The van der Waals surface area contributed by atoms with E-state index in [4.69, 9.17) is 33.0 Å². The average Bonchev–Trinajstić information content (AvgIpc) is 3.01. The minimum atomic E-state index is -1.09. The average molecular weight is 664 g/mol. The first-order valence-corrected chi connectivity index (χ1v) is 14.2. The number of carboxylic acid groups (broad SMARTS) is 1. The van der Waals surface area contributed by atoms with Gasteiger partial charge in [0.15, 0.2) is 0 Å². The van der Waals surface area contributed by atoms with Crippen molar-refractivity contribution in [3.05, 3.63) is 94.8 Å². The molecular formula is C32H28Cl2N6O6. The number of esters is 1. The number of hydrogen-bond acceptors (Lipinski definition) is 9. The van der Waals surface area contributed by atoms with Crippen LogP contribution >= 0.6 is 23.2 Å². The van der Waals surface area contributed by atoms with Gasteiger partial charge in [0.2, 0.25) is 11.8 Å². The van der Waals surface area contributed by atoms with E-state index in [1.807, 2.05) is 0 Å². The van der Waals surface area contributed by atoms with Gasteiger partial charge < -0.3 is 20.5 Å². The van der Waals surface area contributed by atoms with Crippen LogP contribution in [0.15, 0.2) is 73.6 Å². The van der Waals surface area contributed by atoms with Crippen LogP contribution in [0.3, 0.4) is 0 Å². The number of anilines is 2. The summed E-state index contributed by atoms with van der Waals surface area (Å²) >= 11 is 12.5. The van der Waals surface area contributed by atoms with Crippen LogP contribution in [-0.2, 0) is 23.9 Å². The molecule has 46 heavy (non-hydrogen) atoms. The fourth-order valence-corrected chi connectivity index (χ4v) is 4.35. The number of rotatable bonds is 9. The Balaban J connectivity index is 0.000000251. The zero-order valence-corrected chi connectivity index (χ0v) is 26.3. The van der Waals surface area contributed by atoms with Gasteiger partial charge in [-0.2, -0.15) is 0 Å². The minimum Gasteiger partial charge on any atom is -0.478 e. The molecule has 0 saturated heterocycles. The summed E-state index contributed by atoms with van der Waals surface area (Å²) in [5.74, 6) is -2.09. The van der Waals surface area contributed by atoms with Crippen molar-refractivity contribution in [3.8, 4) is 22.5 Å². The number of carboxylic acids is 1. The summed E-state index contributed by atoms with van der Waals surface area (Å²) in [6.07, 6.45) is 14.5. The number of halogens is 2. The van der Waals surface area contributed by atoms with Crippen molar-refractivity contribution in [3.63, 3.8) is 0 Å². The first kappa shape index (κ1) is 35.0. The zero-order chi connectivity index (χ0) is 33.6. The molecule has 2 aromatic carbocycles. The monoisotopic (exact) mass is 662 g/mol. The van der Waals surface area contributed by atoms with Gasteiger partial charge in [0.1, 0.15) is 0 Å². The summed E-state index contributed by atoms with van der Waals surface area (Å²) in [4.78, 5) is 61.2. The topological polar surface area (TPSA) is 173 Å². The Labute approximate surface area is 274 Å². The van der Waals surface area contributed by atoms with Crippen molar-refractivity contribution >= 4 is 70.5 Å². The molecular weight excluding hydrogens is 635 g/mol. The van der Waals surface area contributed by atoms with E-state index >= 15 is 0 Å². The van der Waals surface area contributed by atoms with Crippen molar-refractivity contribution < 1.29 is 29.0 Å². The number of aliphatic carboxylic acids is 1. The molecule has 14 heteroatoms. The molecule has 0 unspecified atom stereocenters. The highest BCUT2D eigenvalue weighted by molar-refractivity contribution is 6.34. The molecule has 0 atom stereocenters. The van der Waals surface area contributed by atoms with E-state index in [-0.39, 0.29) is 18.4 Å². The second-order valence-electron chi connectivity index (χ2n) is 9.14. The predicted octanol–water partition coefficient (Wildman–Crippen LogP) is 6.18. The fourth-order valence-electron chi connectivity index (χ4n) is 3.83. The summed E-state index contributed by atoms with van der Waals surface area (Å²) < 4.78 is 4.86. The number of hydrogen-bond donors (Lipinski definition) is 3. The van der Waals surface area contributed by atoms with E-state index in [2.05, 4.69) is 30.6 Å². The Morgan fingerprint density at radius 3 is 1.59 bits per heavy atom. The van der Waals surface area contributed by atoms with Gasteiger partial charge in [-0.15, -0.1) is 0 Å². The molecule has 0 radical (unpaired) electrons. The predicted molar refractivity (Wildman–Crippen MR) is 176 cm³/mol. The van der Waals surface area contributed by atoms with Crippen molar-refractivity contribution in [2.24, 2.45) is 0 Å². The van der Waals surface area contributed by atoms with Gasteiger partial charge in [0.05, 0.1) is 40.4 Å².